The lowest BCUT2D eigenvalue weighted by Gasteiger charge is -2.18. The van der Waals surface area contributed by atoms with Crippen molar-refractivity contribution in [3.05, 3.63) is 0 Å². The Morgan fingerprint density at radius 1 is 1.38 bits per heavy atom. The molecule has 0 radical (unpaired) electrons. The number of hydrogen-bond donors (Lipinski definition) is 1. The van der Waals surface area contributed by atoms with Crippen molar-refractivity contribution in [3.63, 3.8) is 0 Å². The van der Waals surface area contributed by atoms with Crippen LogP contribution in [-0.2, 0) is 0 Å². The van der Waals surface area contributed by atoms with E-state index < -0.39 is 0 Å². The fraction of sp³-hybridized carbons (Fsp3) is 1.00. The maximum Gasteiger partial charge on any atom is 0.00387 e. The first-order valence-corrected chi connectivity index (χ1v) is 3.13. The van der Waals surface area contributed by atoms with E-state index in [1.54, 1.807) is 0 Å². The summed E-state index contributed by atoms with van der Waals surface area (Å²) in [4.78, 5) is 0. The van der Waals surface area contributed by atoms with Gasteiger partial charge in [0, 0.05) is 6.04 Å². The molecule has 1 atom stereocenters. The highest BCUT2D eigenvalue weighted by Crippen LogP contribution is 2.04. The van der Waals surface area contributed by atoms with Gasteiger partial charge in [-0.25, -0.2) is 0 Å². The number of hydrogen-bond acceptors (Lipinski definition) is 1. The van der Waals surface area contributed by atoms with Crippen LogP contribution >= 0.6 is 24.0 Å². The van der Waals surface area contributed by atoms with Gasteiger partial charge in [0.2, 0.25) is 0 Å². The van der Waals surface area contributed by atoms with Crippen LogP contribution in [0.1, 0.15) is 26.2 Å². The van der Waals surface area contributed by atoms with Crippen LogP contribution in [0.25, 0.3) is 0 Å². The maximum absolute atomic E-state index is 3.38. The number of nitrogens with one attached hydrogen (secondary N) is 1. The van der Waals surface area contributed by atoms with E-state index in [-0.39, 0.29) is 24.0 Å². The molecule has 1 unspecified atom stereocenters. The van der Waals surface area contributed by atoms with E-state index in [1.807, 2.05) is 0 Å². The highest BCUT2D eigenvalue weighted by atomic mass is 127. The fourth-order valence-corrected chi connectivity index (χ4v) is 1.03. The highest BCUT2D eigenvalue weighted by molar-refractivity contribution is 14.0. The van der Waals surface area contributed by atoms with Crippen LogP contribution < -0.4 is 5.32 Å². The summed E-state index contributed by atoms with van der Waals surface area (Å²) in [6.45, 7) is 3.49. The molecule has 8 heavy (non-hydrogen) atoms. The fourth-order valence-electron chi connectivity index (χ4n) is 1.03. The lowest BCUT2D eigenvalue weighted by molar-refractivity contribution is 0.425. The van der Waals surface area contributed by atoms with Gasteiger partial charge >= 0.3 is 0 Å². The standard InChI is InChI=1S/C6H13N.HI/c1-6-4-2-3-5-7-6;/h6-7H,2-5H2,1H3;1H. The Bertz CT molecular complexity index is 50.5. The van der Waals surface area contributed by atoms with Crippen LogP contribution in [0, 0.1) is 0 Å². The zero-order valence-electron chi connectivity index (χ0n) is 5.31. The molecule has 1 nitrogen and oxygen atoms in total. The summed E-state index contributed by atoms with van der Waals surface area (Å²) >= 11 is 0. The Labute approximate surface area is 68.3 Å². The highest BCUT2D eigenvalue weighted by Gasteiger charge is 2.04. The Kier molecular flexibility index (Phi) is 4.95. The van der Waals surface area contributed by atoms with Crippen molar-refractivity contribution in [1.29, 1.82) is 0 Å². The monoisotopic (exact) mass is 227 g/mol. The molecule has 1 aliphatic rings. The molecule has 0 bridgehead atoms. The van der Waals surface area contributed by atoms with Crippen LogP contribution in [0.4, 0.5) is 0 Å². The number of piperidine rings is 1. The van der Waals surface area contributed by atoms with E-state index in [0.717, 1.165) is 6.04 Å². The van der Waals surface area contributed by atoms with Crippen LogP contribution in [-0.4, -0.2) is 12.6 Å². The Hall–Kier alpha value is 0.690. The van der Waals surface area contributed by atoms with Crippen molar-refractivity contribution in [2.45, 2.75) is 32.2 Å². The molecule has 1 heterocycles. The van der Waals surface area contributed by atoms with E-state index in [1.165, 1.54) is 25.8 Å². The van der Waals surface area contributed by atoms with E-state index in [0.29, 0.717) is 0 Å². The third kappa shape index (κ3) is 2.87. The van der Waals surface area contributed by atoms with Gasteiger partial charge < -0.3 is 5.32 Å². The lowest BCUT2D eigenvalue weighted by Crippen LogP contribution is -2.30. The van der Waals surface area contributed by atoms with Gasteiger partial charge in [0.05, 0.1) is 0 Å². The smallest absolute Gasteiger partial charge is 0.00387 e. The van der Waals surface area contributed by atoms with Gasteiger partial charge in [0.15, 0.2) is 0 Å². The zero-order chi connectivity index (χ0) is 5.11. The molecule has 1 N–H and O–H groups in total. The molecule has 0 aromatic rings. The van der Waals surface area contributed by atoms with Gasteiger partial charge in [0.1, 0.15) is 0 Å². The van der Waals surface area contributed by atoms with Gasteiger partial charge in [-0.05, 0) is 26.3 Å². The SMILES string of the molecule is CC1CCCCN1.I. The third-order valence-corrected chi connectivity index (χ3v) is 1.56. The summed E-state index contributed by atoms with van der Waals surface area (Å²) in [7, 11) is 0. The summed E-state index contributed by atoms with van der Waals surface area (Å²) in [6.07, 6.45) is 4.18. The van der Waals surface area contributed by atoms with Crippen LogP contribution in [0.15, 0.2) is 0 Å². The third-order valence-electron chi connectivity index (χ3n) is 1.56. The number of rotatable bonds is 0. The summed E-state index contributed by atoms with van der Waals surface area (Å²) in [5.41, 5.74) is 0. The van der Waals surface area contributed by atoms with Gasteiger partial charge in [-0.15, -0.1) is 24.0 Å². The van der Waals surface area contributed by atoms with E-state index in [9.17, 15) is 0 Å². The van der Waals surface area contributed by atoms with Gasteiger partial charge in [-0.1, -0.05) is 6.42 Å². The molecule has 0 saturated carbocycles. The molecular formula is C6H14IN. The predicted octanol–water partition coefficient (Wildman–Crippen LogP) is 1.77. The molecule has 1 saturated heterocycles. The second-order valence-corrected chi connectivity index (χ2v) is 2.35. The van der Waals surface area contributed by atoms with Crippen LogP contribution in [0.5, 0.6) is 0 Å². The molecule has 1 rings (SSSR count). The predicted molar refractivity (Wildman–Crippen MR) is 46.7 cm³/mol. The quantitative estimate of drug-likeness (QED) is 0.622. The Morgan fingerprint density at radius 3 is 2.38 bits per heavy atom. The van der Waals surface area contributed by atoms with Crippen molar-refractivity contribution in [2.75, 3.05) is 6.54 Å². The molecule has 0 spiro atoms. The molecular weight excluding hydrogens is 213 g/mol. The average Bonchev–Trinajstić information content (AvgIpc) is 1.69. The Morgan fingerprint density at radius 2 is 2.12 bits per heavy atom. The Balaban J connectivity index is 0.000000490. The minimum Gasteiger partial charge on any atom is -0.314 e. The van der Waals surface area contributed by atoms with Gasteiger partial charge in [0.25, 0.3) is 0 Å². The zero-order valence-corrected chi connectivity index (χ0v) is 7.64. The second-order valence-electron chi connectivity index (χ2n) is 2.35. The molecule has 1 fully saturated rings. The van der Waals surface area contributed by atoms with Gasteiger partial charge in [-0.3, -0.25) is 0 Å². The van der Waals surface area contributed by atoms with Crippen molar-refractivity contribution in [3.8, 4) is 0 Å². The molecule has 0 amide bonds. The lowest BCUT2D eigenvalue weighted by atomic mass is 10.1. The van der Waals surface area contributed by atoms with E-state index in [2.05, 4.69) is 12.2 Å². The van der Waals surface area contributed by atoms with Crippen molar-refractivity contribution in [1.82, 2.24) is 5.32 Å². The molecule has 0 aromatic carbocycles. The summed E-state index contributed by atoms with van der Waals surface area (Å²) < 4.78 is 0. The first kappa shape index (κ1) is 8.69. The molecule has 2 heteroatoms. The maximum atomic E-state index is 3.38. The molecule has 0 aliphatic carbocycles. The van der Waals surface area contributed by atoms with Crippen molar-refractivity contribution in [2.24, 2.45) is 0 Å². The van der Waals surface area contributed by atoms with E-state index in [4.69, 9.17) is 0 Å². The van der Waals surface area contributed by atoms with E-state index >= 15 is 0 Å². The summed E-state index contributed by atoms with van der Waals surface area (Å²) in [5.74, 6) is 0. The van der Waals surface area contributed by atoms with Crippen LogP contribution in [0.2, 0.25) is 0 Å². The minimum atomic E-state index is 0. The molecule has 0 aromatic heterocycles. The van der Waals surface area contributed by atoms with Crippen LogP contribution in [0.3, 0.4) is 0 Å². The largest absolute Gasteiger partial charge is 0.314 e. The second kappa shape index (κ2) is 4.56. The summed E-state index contributed by atoms with van der Waals surface area (Å²) in [6, 6.07) is 0.786. The molecule has 50 valence electrons. The summed E-state index contributed by atoms with van der Waals surface area (Å²) in [5, 5.41) is 3.38. The van der Waals surface area contributed by atoms with Gasteiger partial charge in [-0.2, -0.15) is 0 Å². The van der Waals surface area contributed by atoms with Crippen molar-refractivity contribution < 1.29 is 0 Å². The van der Waals surface area contributed by atoms with Crippen molar-refractivity contribution >= 4 is 24.0 Å². The average molecular weight is 227 g/mol. The first-order chi connectivity index (χ1) is 3.39. The number of halogens is 1. The minimum absolute atomic E-state index is 0. The molecule has 1 aliphatic heterocycles. The normalized spacial score (nSPS) is 28.9. The first-order valence-electron chi connectivity index (χ1n) is 3.13. The topological polar surface area (TPSA) is 12.0 Å².